The Bertz CT molecular complexity index is 1310. The lowest BCUT2D eigenvalue weighted by molar-refractivity contribution is -0.137. The van der Waals surface area contributed by atoms with Crippen LogP contribution in [0.2, 0.25) is 0 Å². The van der Waals surface area contributed by atoms with Crippen molar-refractivity contribution in [2.45, 2.75) is 38.0 Å². The number of aromatic nitrogens is 3. The van der Waals surface area contributed by atoms with Gasteiger partial charge in [-0.05, 0) is 37.3 Å². The van der Waals surface area contributed by atoms with Crippen molar-refractivity contribution in [2.75, 3.05) is 30.8 Å². The third kappa shape index (κ3) is 5.64. The number of H-pyrrole nitrogens is 1. The molecule has 2 heterocycles. The first kappa shape index (κ1) is 27.5. The Labute approximate surface area is 213 Å². The predicted octanol–water partition coefficient (Wildman–Crippen LogP) is 6.02. The molecule has 0 unspecified atom stereocenters. The maximum absolute atomic E-state index is 14.0. The van der Waals surface area contributed by atoms with Gasteiger partial charge in [0.15, 0.2) is 0 Å². The summed E-state index contributed by atoms with van der Waals surface area (Å²) in [4.78, 5) is 21.9. The summed E-state index contributed by atoms with van der Waals surface area (Å²) in [6.45, 7) is 0.899. The summed E-state index contributed by atoms with van der Waals surface area (Å²) in [6, 6.07) is 2.12. The zero-order chi connectivity index (χ0) is 27.7. The molecule has 38 heavy (non-hydrogen) atoms. The van der Waals surface area contributed by atoms with Crippen LogP contribution in [0, 0.1) is 11.8 Å². The van der Waals surface area contributed by atoms with Gasteiger partial charge in [0.2, 0.25) is 5.95 Å². The molecule has 0 bridgehead atoms. The molecule has 8 nitrogen and oxygen atoms in total. The number of hydrogen-bond donors (Lipinski definition) is 4. The van der Waals surface area contributed by atoms with Gasteiger partial charge in [0, 0.05) is 29.9 Å². The van der Waals surface area contributed by atoms with Crippen molar-refractivity contribution in [1.82, 2.24) is 15.0 Å². The molecular formula is C24H26F6N6O2. The summed E-state index contributed by atoms with van der Waals surface area (Å²) in [5.74, 6) is 0.391. The number of ether oxygens (including phenoxy) is 1. The van der Waals surface area contributed by atoms with Gasteiger partial charge in [0.05, 0.1) is 24.0 Å². The molecule has 206 valence electrons. The highest BCUT2D eigenvalue weighted by Crippen LogP contribution is 2.44. The third-order valence-corrected chi connectivity index (χ3v) is 6.80. The summed E-state index contributed by atoms with van der Waals surface area (Å²) in [5, 5.41) is 4.80. The van der Waals surface area contributed by atoms with Gasteiger partial charge >= 0.3 is 18.4 Å². The average Bonchev–Trinajstić information content (AvgIpc) is 3.29. The number of alkyl halides is 6. The summed E-state index contributed by atoms with van der Waals surface area (Å²) in [6.07, 6.45) is -5.37. The van der Waals surface area contributed by atoms with Crippen LogP contribution in [0.25, 0.3) is 22.2 Å². The Morgan fingerprint density at radius 1 is 1.13 bits per heavy atom. The van der Waals surface area contributed by atoms with Gasteiger partial charge in [-0.3, -0.25) is 5.32 Å². The number of aromatic amines is 1. The number of halogens is 6. The zero-order valence-corrected chi connectivity index (χ0v) is 20.3. The maximum Gasteiger partial charge on any atom is 0.420 e. The molecular weight excluding hydrogens is 518 g/mol. The fourth-order valence-electron chi connectivity index (χ4n) is 4.92. The number of nitrogens with two attached hydrogens (primary N) is 1. The molecule has 1 aromatic carbocycles. The topological polar surface area (TPSA) is 118 Å². The van der Waals surface area contributed by atoms with E-state index in [4.69, 9.17) is 5.73 Å². The molecule has 0 radical (unpaired) electrons. The molecule has 2 atom stereocenters. The fraction of sp³-hybridized carbons (Fsp3) is 0.458. The quantitative estimate of drug-likeness (QED) is 0.282. The number of carbonyl (C=O) groups is 1. The van der Waals surface area contributed by atoms with Gasteiger partial charge in [0.1, 0.15) is 11.1 Å². The molecule has 1 aliphatic rings. The Hall–Kier alpha value is -3.55. The van der Waals surface area contributed by atoms with E-state index in [2.05, 4.69) is 25.0 Å². The molecule has 4 rings (SSSR count). The summed E-state index contributed by atoms with van der Waals surface area (Å²) in [5.41, 5.74) is 1.47. The van der Waals surface area contributed by atoms with E-state index in [0.717, 1.165) is 45.1 Å². The standard InChI is InChI=1S/C24H26F6N6O2/c1-38-22(37)35-17-7-6-14-15(10-32-20(14)18(17)24(28,29)30)19-16(23(25,26)27)11-34-21(36-19)33-9-13-5-3-2-4-12(13)8-31/h6-7,10-13,32H,2-5,8-9,31H2,1H3,(H,35,37)(H,33,34,36)/t12-,13+/m0/s1. The number of nitrogens with one attached hydrogen (secondary N) is 3. The second kappa shape index (κ2) is 10.7. The van der Waals surface area contributed by atoms with Crippen molar-refractivity contribution in [1.29, 1.82) is 0 Å². The van der Waals surface area contributed by atoms with Crippen LogP contribution in [-0.4, -0.2) is 41.2 Å². The van der Waals surface area contributed by atoms with Crippen LogP contribution >= 0.6 is 0 Å². The van der Waals surface area contributed by atoms with E-state index in [1.165, 1.54) is 6.07 Å². The third-order valence-electron chi connectivity index (χ3n) is 6.80. The molecule has 1 amide bonds. The van der Waals surface area contributed by atoms with Crippen LogP contribution in [0.4, 0.5) is 42.8 Å². The molecule has 1 fully saturated rings. The number of amides is 1. The van der Waals surface area contributed by atoms with E-state index in [1.807, 2.05) is 5.32 Å². The van der Waals surface area contributed by atoms with Gasteiger partial charge in [-0.25, -0.2) is 14.8 Å². The average molecular weight is 545 g/mol. The Balaban J connectivity index is 1.78. The molecule has 0 aliphatic heterocycles. The monoisotopic (exact) mass is 544 g/mol. The van der Waals surface area contributed by atoms with Crippen molar-refractivity contribution in [3.05, 3.63) is 35.7 Å². The van der Waals surface area contributed by atoms with E-state index in [-0.39, 0.29) is 28.7 Å². The van der Waals surface area contributed by atoms with Crippen molar-refractivity contribution >= 4 is 28.6 Å². The number of rotatable bonds is 6. The summed E-state index contributed by atoms with van der Waals surface area (Å²) >= 11 is 0. The lowest BCUT2D eigenvalue weighted by atomic mass is 9.79. The van der Waals surface area contributed by atoms with E-state index >= 15 is 0 Å². The lowest BCUT2D eigenvalue weighted by Gasteiger charge is -2.30. The van der Waals surface area contributed by atoms with Gasteiger partial charge in [0.25, 0.3) is 0 Å². The van der Waals surface area contributed by atoms with E-state index in [0.29, 0.717) is 19.3 Å². The number of fused-ring (bicyclic) bond motifs is 1. The SMILES string of the molecule is COC(=O)Nc1ccc2c(-c3nc(NC[C@H]4CCCC[C@H]4CN)ncc3C(F)(F)F)c[nH]c2c1C(F)(F)F. The van der Waals surface area contributed by atoms with Crippen molar-refractivity contribution in [2.24, 2.45) is 17.6 Å². The number of hydrogen-bond acceptors (Lipinski definition) is 6. The van der Waals surface area contributed by atoms with E-state index in [1.54, 1.807) is 0 Å². The van der Waals surface area contributed by atoms with Crippen LogP contribution in [-0.2, 0) is 17.1 Å². The highest BCUT2D eigenvalue weighted by molar-refractivity contribution is 6.01. The highest BCUT2D eigenvalue weighted by atomic mass is 19.4. The molecule has 14 heteroatoms. The second-order valence-electron chi connectivity index (χ2n) is 9.10. The molecule has 0 saturated heterocycles. The minimum absolute atomic E-state index is 0.0799. The normalized spacial score (nSPS) is 18.4. The first-order chi connectivity index (χ1) is 17.9. The minimum atomic E-state index is -4.96. The van der Waals surface area contributed by atoms with E-state index in [9.17, 15) is 31.1 Å². The summed E-state index contributed by atoms with van der Waals surface area (Å²) in [7, 11) is 0.984. The summed E-state index contributed by atoms with van der Waals surface area (Å²) < 4.78 is 88.0. The van der Waals surface area contributed by atoms with Crippen LogP contribution in [0.5, 0.6) is 0 Å². The predicted molar refractivity (Wildman–Crippen MR) is 128 cm³/mol. The number of nitrogens with zero attached hydrogens (tertiary/aromatic N) is 2. The number of methoxy groups -OCH3 is 1. The molecule has 1 aliphatic carbocycles. The van der Waals surface area contributed by atoms with Gasteiger partial charge in [-0.15, -0.1) is 0 Å². The van der Waals surface area contributed by atoms with Crippen molar-refractivity contribution < 1.29 is 35.9 Å². The number of anilines is 2. The van der Waals surface area contributed by atoms with Crippen LogP contribution in [0.3, 0.4) is 0 Å². The Morgan fingerprint density at radius 2 is 1.84 bits per heavy atom. The van der Waals surface area contributed by atoms with Crippen molar-refractivity contribution in [3.8, 4) is 11.3 Å². The molecule has 2 aromatic heterocycles. The van der Waals surface area contributed by atoms with Gasteiger partial charge in [-0.1, -0.05) is 18.9 Å². The van der Waals surface area contributed by atoms with Gasteiger partial charge < -0.3 is 20.8 Å². The number of benzene rings is 1. The molecule has 5 N–H and O–H groups in total. The smallest absolute Gasteiger partial charge is 0.420 e. The minimum Gasteiger partial charge on any atom is -0.453 e. The fourth-order valence-corrected chi connectivity index (χ4v) is 4.92. The van der Waals surface area contributed by atoms with Crippen molar-refractivity contribution in [3.63, 3.8) is 0 Å². The largest absolute Gasteiger partial charge is 0.453 e. The Kier molecular flexibility index (Phi) is 7.72. The van der Waals surface area contributed by atoms with Crippen LogP contribution < -0.4 is 16.4 Å². The molecule has 3 aromatic rings. The second-order valence-corrected chi connectivity index (χ2v) is 9.10. The highest BCUT2D eigenvalue weighted by Gasteiger charge is 2.39. The number of carbonyl (C=O) groups excluding carboxylic acids is 1. The maximum atomic E-state index is 14.0. The van der Waals surface area contributed by atoms with Crippen LogP contribution in [0.1, 0.15) is 36.8 Å². The Morgan fingerprint density at radius 3 is 2.47 bits per heavy atom. The lowest BCUT2D eigenvalue weighted by Crippen LogP contribution is -2.31. The first-order valence-electron chi connectivity index (χ1n) is 11.9. The van der Waals surface area contributed by atoms with Crippen LogP contribution in [0.15, 0.2) is 24.5 Å². The van der Waals surface area contributed by atoms with Gasteiger partial charge in [-0.2, -0.15) is 26.3 Å². The first-order valence-corrected chi connectivity index (χ1v) is 11.9. The molecule has 1 saturated carbocycles. The zero-order valence-electron chi connectivity index (χ0n) is 20.3. The molecule has 0 spiro atoms. The van der Waals surface area contributed by atoms with E-state index < -0.39 is 46.5 Å².